The van der Waals surface area contributed by atoms with Crippen molar-refractivity contribution in [2.45, 2.75) is 27.3 Å². The van der Waals surface area contributed by atoms with E-state index in [0.717, 1.165) is 17.9 Å². The van der Waals surface area contributed by atoms with E-state index in [4.69, 9.17) is 0 Å². The van der Waals surface area contributed by atoms with Crippen LogP contribution in [0.1, 0.15) is 38.3 Å². The van der Waals surface area contributed by atoms with E-state index in [-0.39, 0.29) is 11.8 Å². The molecule has 0 unspecified atom stereocenters. The molecule has 0 fully saturated rings. The summed E-state index contributed by atoms with van der Waals surface area (Å²) in [7, 11) is 0. The third-order valence-electron chi connectivity index (χ3n) is 3.58. The van der Waals surface area contributed by atoms with Gasteiger partial charge < -0.3 is 15.2 Å². The smallest absolute Gasteiger partial charge is 0.261 e. The number of thiophene rings is 1. The zero-order chi connectivity index (χ0) is 16.1. The lowest BCUT2D eigenvalue weighted by Crippen LogP contribution is -2.34. The average molecular weight is 319 g/mol. The first-order valence-electron chi connectivity index (χ1n) is 7.31. The zero-order valence-electron chi connectivity index (χ0n) is 13.1. The van der Waals surface area contributed by atoms with Crippen LogP contribution in [-0.4, -0.2) is 29.5 Å². The molecule has 5 nitrogen and oxygen atoms in total. The number of amides is 2. The Morgan fingerprint density at radius 2 is 1.86 bits per heavy atom. The lowest BCUT2D eigenvalue weighted by molar-refractivity contribution is 0.0929. The number of rotatable bonds is 6. The van der Waals surface area contributed by atoms with E-state index in [0.29, 0.717) is 23.5 Å². The third-order valence-corrected chi connectivity index (χ3v) is 4.44. The summed E-state index contributed by atoms with van der Waals surface area (Å²) in [5.74, 6) is -0.202. The van der Waals surface area contributed by atoms with E-state index in [9.17, 15) is 9.59 Å². The Morgan fingerprint density at radius 1 is 1.18 bits per heavy atom. The molecule has 0 saturated carbocycles. The third kappa shape index (κ3) is 3.57. The van der Waals surface area contributed by atoms with Crippen LogP contribution in [0, 0.1) is 13.8 Å². The van der Waals surface area contributed by atoms with Crippen LogP contribution in [0.4, 0.5) is 0 Å². The summed E-state index contributed by atoms with van der Waals surface area (Å²) in [6.07, 6.45) is 0. The van der Waals surface area contributed by atoms with E-state index in [1.807, 2.05) is 31.4 Å². The lowest BCUT2D eigenvalue weighted by Gasteiger charge is -2.08. The van der Waals surface area contributed by atoms with Gasteiger partial charge in [0.1, 0.15) is 0 Å². The summed E-state index contributed by atoms with van der Waals surface area (Å²) >= 11 is 1.40. The second-order valence-electron chi connectivity index (χ2n) is 5.02. The number of carbonyl (C=O) groups excluding carboxylic acids is 2. The Bertz CT molecular complexity index is 659. The van der Waals surface area contributed by atoms with Gasteiger partial charge in [-0.1, -0.05) is 6.07 Å². The fraction of sp³-hybridized carbons (Fsp3) is 0.375. The predicted octanol–water partition coefficient (Wildman–Crippen LogP) is 2.35. The predicted molar refractivity (Wildman–Crippen MR) is 88.6 cm³/mol. The molecule has 2 aromatic rings. The van der Waals surface area contributed by atoms with Crippen molar-refractivity contribution in [1.29, 1.82) is 0 Å². The number of aryl methyl sites for hydroxylation is 1. The molecular formula is C16H21N3O2S. The summed E-state index contributed by atoms with van der Waals surface area (Å²) in [6, 6.07) is 5.52. The fourth-order valence-electron chi connectivity index (χ4n) is 2.46. The standard InChI is InChI=1S/C16H21N3O2S/c1-4-19-11(2)10-13(12(19)3)15(20)17-7-8-18-16(21)14-6-5-9-22-14/h5-6,9-10H,4,7-8H2,1-3H3,(H,17,20)(H,18,21). The molecule has 0 aliphatic rings. The Morgan fingerprint density at radius 3 is 2.41 bits per heavy atom. The van der Waals surface area contributed by atoms with Gasteiger partial charge in [0.15, 0.2) is 0 Å². The topological polar surface area (TPSA) is 63.1 Å². The van der Waals surface area contributed by atoms with Gasteiger partial charge in [0.25, 0.3) is 11.8 Å². The second-order valence-corrected chi connectivity index (χ2v) is 5.97. The van der Waals surface area contributed by atoms with Gasteiger partial charge in [0.2, 0.25) is 0 Å². The van der Waals surface area contributed by atoms with Crippen LogP contribution in [0.15, 0.2) is 23.6 Å². The van der Waals surface area contributed by atoms with Gasteiger partial charge in [0.05, 0.1) is 10.4 Å². The van der Waals surface area contributed by atoms with Crippen LogP contribution < -0.4 is 10.6 Å². The zero-order valence-corrected chi connectivity index (χ0v) is 13.9. The lowest BCUT2D eigenvalue weighted by atomic mass is 10.2. The molecule has 2 rings (SSSR count). The highest BCUT2D eigenvalue weighted by molar-refractivity contribution is 7.12. The number of aromatic nitrogens is 1. The van der Waals surface area contributed by atoms with Crippen LogP contribution in [-0.2, 0) is 6.54 Å². The molecule has 6 heteroatoms. The maximum absolute atomic E-state index is 12.2. The molecule has 22 heavy (non-hydrogen) atoms. The molecule has 2 aromatic heterocycles. The highest BCUT2D eigenvalue weighted by Crippen LogP contribution is 2.14. The number of nitrogens with one attached hydrogen (secondary N) is 2. The maximum atomic E-state index is 12.2. The van der Waals surface area contributed by atoms with Crippen LogP contribution >= 0.6 is 11.3 Å². The van der Waals surface area contributed by atoms with Gasteiger partial charge in [-0.25, -0.2) is 0 Å². The van der Waals surface area contributed by atoms with Gasteiger partial charge in [-0.05, 0) is 38.3 Å². The highest BCUT2D eigenvalue weighted by atomic mass is 32.1. The van der Waals surface area contributed by atoms with E-state index in [2.05, 4.69) is 22.1 Å². The molecule has 0 saturated heterocycles. The normalized spacial score (nSPS) is 10.5. The Labute approximate surface area is 134 Å². The molecular weight excluding hydrogens is 298 g/mol. The van der Waals surface area contributed by atoms with Crippen molar-refractivity contribution in [3.05, 3.63) is 45.4 Å². The minimum absolute atomic E-state index is 0.0989. The quantitative estimate of drug-likeness (QED) is 0.803. The van der Waals surface area contributed by atoms with E-state index in [1.54, 1.807) is 6.07 Å². The van der Waals surface area contributed by atoms with Crippen molar-refractivity contribution in [1.82, 2.24) is 15.2 Å². The summed E-state index contributed by atoms with van der Waals surface area (Å²) < 4.78 is 2.10. The Kier molecular flexibility index (Phi) is 5.38. The minimum atomic E-state index is -0.103. The molecule has 0 bridgehead atoms. The number of nitrogens with zero attached hydrogens (tertiary/aromatic N) is 1. The Balaban J connectivity index is 1.82. The first-order valence-corrected chi connectivity index (χ1v) is 8.19. The molecule has 0 atom stereocenters. The highest BCUT2D eigenvalue weighted by Gasteiger charge is 2.14. The number of hydrogen-bond acceptors (Lipinski definition) is 3. The number of carbonyl (C=O) groups is 2. The monoisotopic (exact) mass is 319 g/mol. The van der Waals surface area contributed by atoms with Gasteiger partial charge in [-0.3, -0.25) is 9.59 Å². The van der Waals surface area contributed by atoms with Crippen molar-refractivity contribution in [3.8, 4) is 0 Å². The van der Waals surface area contributed by atoms with Crippen molar-refractivity contribution < 1.29 is 9.59 Å². The van der Waals surface area contributed by atoms with Gasteiger partial charge in [-0.15, -0.1) is 11.3 Å². The molecule has 2 amide bonds. The maximum Gasteiger partial charge on any atom is 0.261 e. The minimum Gasteiger partial charge on any atom is -0.350 e. The molecule has 0 aromatic carbocycles. The van der Waals surface area contributed by atoms with E-state index in [1.165, 1.54) is 11.3 Å². The largest absolute Gasteiger partial charge is 0.350 e. The van der Waals surface area contributed by atoms with E-state index >= 15 is 0 Å². The van der Waals surface area contributed by atoms with Crippen molar-refractivity contribution in [3.63, 3.8) is 0 Å². The second kappa shape index (κ2) is 7.26. The number of hydrogen-bond donors (Lipinski definition) is 2. The summed E-state index contributed by atoms with van der Waals surface area (Å²) in [6.45, 7) is 7.67. The van der Waals surface area contributed by atoms with Gasteiger partial charge in [0, 0.05) is 31.0 Å². The molecule has 0 spiro atoms. The first-order chi connectivity index (χ1) is 10.5. The summed E-state index contributed by atoms with van der Waals surface area (Å²) in [5.41, 5.74) is 2.75. The molecule has 2 N–H and O–H groups in total. The summed E-state index contributed by atoms with van der Waals surface area (Å²) in [5, 5.41) is 7.49. The summed E-state index contributed by atoms with van der Waals surface area (Å²) in [4.78, 5) is 24.6. The van der Waals surface area contributed by atoms with Crippen LogP contribution in [0.2, 0.25) is 0 Å². The molecule has 0 aliphatic heterocycles. The van der Waals surface area contributed by atoms with Crippen molar-refractivity contribution >= 4 is 23.2 Å². The van der Waals surface area contributed by atoms with E-state index < -0.39 is 0 Å². The van der Waals surface area contributed by atoms with Gasteiger partial charge >= 0.3 is 0 Å². The fourth-order valence-corrected chi connectivity index (χ4v) is 3.10. The average Bonchev–Trinajstić information content (AvgIpc) is 3.11. The van der Waals surface area contributed by atoms with Crippen molar-refractivity contribution in [2.24, 2.45) is 0 Å². The Hall–Kier alpha value is -2.08. The SMILES string of the molecule is CCn1c(C)cc(C(=O)NCCNC(=O)c2cccs2)c1C. The molecule has 2 heterocycles. The van der Waals surface area contributed by atoms with Crippen LogP contribution in [0.3, 0.4) is 0 Å². The van der Waals surface area contributed by atoms with Crippen LogP contribution in [0.25, 0.3) is 0 Å². The first kappa shape index (κ1) is 16.3. The molecule has 0 aliphatic carbocycles. The molecule has 0 radical (unpaired) electrons. The van der Waals surface area contributed by atoms with Crippen molar-refractivity contribution in [2.75, 3.05) is 13.1 Å². The van der Waals surface area contributed by atoms with Crippen LogP contribution in [0.5, 0.6) is 0 Å². The molecule has 118 valence electrons. The van der Waals surface area contributed by atoms with Gasteiger partial charge in [-0.2, -0.15) is 0 Å².